The maximum absolute atomic E-state index is 13.3. The largest absolute Gasteiger partial charge is 0.459 e. The number of fused-ring (bicyclic) bond motifs is 2. The van der Waals surface area contributed by atoms with Gasteiger partial charge in [-0.3, -0.25) is 0 Å². The molecule has 1 unspecified atom stereocenters. The number of carbonyl (C=O) groups excluding carboxylic acids is 1. The Bertz CT molecular complexity index is 871. The number of halogens is 2. The van der Waals surface area contributed by atoms with E-state index in [9.17, 15) is 4.79 Å². The van der Waals surface area contributed by atoms with Gasteiger partial charge in [0, 0.05) is 23.1 Å². The fraction of sp³-hybridized carbons (Fsp3) is 0.524. The number of nitrogens with one attached hydrogen (secondary N) is 1. The van der Waals surface area contributed by atoms with Gasteiger partial charge in [-0.2, -0.15) is 0 Å². The number of hydrogen-bond acceptors (Lipinski definition) is 5. The second-order valence-electron chi connectivity index (χ2n) is 8.72. The number of aromatic nitrogens is 1. The minimum atomic E-state index is -0.430. The molecule has 1 N–H and O–H groups in total. The first kappa shape index (κ1) is 19.7. The van der Waals surface area contributed by atoms with Gasteiger partial charge in [0.05, 0.1) is 10.0 Å². The highest BCUT2D eigenvalue weighted by Gasteiger charge is 2.38. The monoisotopic (exact) mass is 422 g/mol. The van der Waals surface area contributed by atoms with E-state index < -0.39 is 11.4 Å². The third kappa shape index (κ3) is 3.68. The standard InChI is InChI=1S/C21H24Cl2N2O3/c1-21(2,3)19-17(18(25-28-19)16-14(22)5-4-6-15(16)23)20(26)27-13-9-11-7-8-12(10-13)24-11/h4-6,11-13,24H,7-10H2,1-3H3/t11-,12+,13?. The van der Waals surface area contributed by atoms with Gasteiger partial charge in [-0.15, -0.1) is 0 Å². The second-order valence-corrected chi connectivity index (χ2v) is 9.53. The predicted octanol–water partition coefficient (Wildman–Crippen LogP) is 5.39. The molecular formula is C21H24Cl2N2O3. The number of carbonyl (C=O) groups is 1. The van der Waals surface area contributed by atoms with Crippen LogP contribution in [0.3, 0.4) is 0 Å². The molecule has 28 heavy (non-hydrogen) atoms. The van der Waals surface area contributed by atoms with Gasteiger partial charge in [0.25, 0.3) is 0 Å². The van der Waals surface area contributed by atoms with Gasteiger partial charge in [-0.25, -0.2) is 4.79 Å². The number of benzene rings is 1. The smallest absolute Gasteiger partial charge is 0.344 e. The van der Waals surface area contributed by atoms with E-state index in [1.807, 2.05) is 20.8 Å². The van der Waals surface area contributed by atoms with Crippen molar-refractivity contribution in [1.82, 2.24) is 10.5 Å². The average Bonchev–Trinajstić information content (AvgIpc) is 3.18. The van der Waals surface area contributed by atoms with Crippen LogP contribution >= 0.6 is 23.2 Å². The summed E-state index contributed by atoms with van der Waals surface area (Å²) in [4.78, 5) is 13.3. The summed E-state index contributed by atoms with van der Waals surface area (Å²) >= 11 is 12.8. The SMILES string of the molecule is CC(C)(C)c1onc(-c2c(Cl)cccc2Cl)c1C(=O)OC1C[C@H]2CC[C@@H](C1)N2. The van der Waals surface area contributed by atoms with E-state index in [2.05, 4.69) is 10.5 Å². The molecule has 1 aromatic carbocycles. The Hall–Kier alpha value is -1.56. The van der Waals surface area contributed by atoms with E-state index in [0.29, 0.717) is 44.7 Å². The molecule has 4 rings (SSSR count). The molecule has 2 aromatic rings. The predicted molar refractivity (Wildman–Crippen MR) is 109 cm³/mol. The first-order chi connectivity index (χ1) is 13.2. The molecule has 150 valence electrons. The van der Waals surface area contributed by atoms with Gasteiger partial charge in [-0.05, 0) is 37.8 Å². The minimum absolute atomic E-state index is 0.108. The molecule has 0 amide bonds. The van der Waals surface area contributed by atoms with E-state index in [4.69, 9.17) is 32.5 Å². The molecule has 2 saturated heterocycles. The number of piperidine rings is 1. The quantitative estimate of drug-likeness (QED) is 0.671. The summed E-state index contributed by atoms with van der Waals surface area (Å²) in [6.45, 7) is 5.90. The summed E-state index contributed by atoms with van der Waals surface area (Å²) in [7, 11) is 0. The zero-order valence-corrected chi connectivity index (χ0v) is 17.7. The van der Waals surface area contributed by atoms with E-state index in [-0.39, 0.29) is 6.10 Å². The normalized spacial score (nSPS) is 24.4. The summed E-state index contributed by atoms with van der Waals surface area (Å²) in [5, 5.41) is 8.56. The van der Waals surface area contributed by atoms with E-state index in [1.54, 1.807) is 18.2 Å². The highest BCUT2D eigenvalue weighted by Crippen LogP contribution is 2.40. The first-order valence-electron chi connectivity index (χ1n) is 9.65. The molecule has 0 radical (unpaired) electrons. The van der Waals surface area contributed by atoms with Crippen LogP contribution in [-0.2, 0) is 10.2 Å². The number of ether oxygens (including phenoxy) is 1. The lowest BCUT2D eigenvalue weighted by molar-refractivity contribution is 0.0174. The van der Waals surface area contributed by atoms with Crippen LogP contribution in [0.4, 0.5) is 0 Å². The fourth-order valence-corrected chi connectivity index (χ4v) is 4.77. The van der Waals surface area contributed by atoms with Crippen LogP contribution in [0.15, 0.2) is 22.7 Å². The molecule has 7 heteroatoms. The van der Waals surface area contributed by atoms with Crippen LogP contribution < -0.4 is 5.32 Å². The first-order valence-corrected chi connectivity index (χ1v) is 10.4. The van der Waals surface area contributed by atoms with Crippen molar-refractivity contribution in [2.75, 3.05) is 0 Å². The molecule has 0 spiro atoms. The number of hydrogen-bond donors (Lipinski definition) is 1. The van der Waals surface area contributed by atoms with E-state index in [1.165, 1.54) is 0 Å². The lowest BCUT2D eigenvalue weighted by Gasteiger charge is -2.29. The Balaban J connectivity index is 1.72. The van der Waals surface area contributed by atoms with Gasteiger partial charge < -0.3 is 14.6 Å². The van der Waals surface area contributed by atoms with Crippen molar-refractivity contribution in [3.63, 3.8) is 0 Å². The molecule has 2 aliphatic heterocycles. The van der Waals surface area contributed by atoms with Gasteiger partial charge >= 0.3 is 5.97 Å². The molecule has 3 atom stereocenters. The third-order valence-electron chi connectivity index (χ3n) is 5.48. The molecule has 2 fully saturated rings. The van der Waals surface area contributed by atoms with Crippen LogP contribution in [-0.4, -0.2) is 29.3 Å². The highest BCUT2D eigenvalue weighted by molar-refractivity contribution is 6.39. The molecule has 0 aliphatic carbocycles. The second kappa shape index (κ2) is 7.36. The molecule has 2 aliphatic rings. The lowest BCUT2D eigenvalue weighted by Crippen LogP contribution is -2.42. The van der Waals surface area contributed by atoms with Crippen molar-refractivity contribution < 1.29 is 14.1 Å². The number of rotatable bonds is 3. The minimum Gasteiger partial charge on any atom is -0.459 e. The van der Waals surface area contributed by atoms with Crippen molar-refractivity contribution in [1.29, 1.82) is 0 Å². The van der Waals surface area contributed by atoms with Crippen LogP contribution in [0.25, 0.3) is 11.3 Å². The van der Waals surface area contributed by atoms with Crippen molar-refractivity contribution in [3.8, 4) is 11.3 Å². The maximum atomic E-state index is 13.3. The van der Waals surface area contributed by atoms with Crippen LogP contribution in [0.2, 0.25) is 10.0 Å². The summed E-state index contributed by atoms with van der Waals surface area (Å²) < 4.78 is 11.5. The fourth-order valence-electron chi connectivity index (χ4n) is 4.20. The Kier molecular flexibility index (Phi) is 5.19. The van der Waals surface area contributed by atoms with Gasteiger partial charge in [0.1, 0.15) is 17.4 Å². The number of nitrogens with zero attached hydrogens (tertiary/aromatic N) is 1. The summed E-state index contributed by atoms with van der Waals surface area (Å²) in [5.74, 6) is 0.0452. The Labute approximate surface area is 174 Å². The topological polar surface area (TPSA) is 64.4 Å². The van der Waals surface area contributed by atoms with Crippen molar-refractivity contribution in [3.05, 3.63) is 39.6 Å². The Morgan fingerprint density at radius 1 is 1.18 bits per heavy atom. The Morgan fingerprint density at radius 3 is 2.36 bits per heavy atom. The van der Waals surface area contributed by atoms with Crippen LogP contribution in [0, 0.1) is 0 Å². The van der Waals surface area contributed by atoms with Crippen LogP contribution in [0.1, 0.15) is 62.6 Å². The Morgan fingerprint density at radius 2 is 1.79 bits per heavy atom. The van der Waals surface area contributed by atoms with Crippen molar-refractivity contribution >= 4 is 29.2 Å². The van der Waals surface area contributed by atoms with E-state index in [0.717, 1.165) is 25.7 Å². The molecule has 2 bridgehead atoms. The average molecular weight is 423 g/mol. The molecule has 0 saturated carbocycles. The summed E-state index contributed by atoms with van der Waals surface area (Å²) in [6, 6.07) is 6.04. The van der Waals surface area contributed by atoms with E-state index >= 15 is 0 Å². The van der Waals surface area contributed by atoms with Gasteiger partial charge in [0.15, 0.2) is 5.76 Å². The summed E-state index contributed by atoms with van der Waals surface area (Å²) in [5.41, 5.74) is 0.707. The van der Waals surface area contributed by atoms with Crippen LogP contribution in [0.5, 0.6) is 0 Å². The molecular weight excluding hydrogens is 399 g/mol. The highest BCUT2D eigenvalue weighted by atomic mass is 35.5. The number of esters is 1. The van der Waals surface area contributed by atoms with Gasteiger partial charge in [0.2, 0.25) is 0 Å². The summed E-state index contributed by atoms with van der Waals surface area (Å²) in [6.07, 6.45) is 3.84. The van der Waals surface area contributed by atoms with Crippen molar-refractivity contribution in [2.24, 2.45) is 0 Å². The van der Waals surface area contributed by atoms with Crippen molar-refractivity contribution in [2.45, 2.75) is 70.1 Å². The third-order valence-corrected chi connectivity index (χ3v) is 6.11. The maximum Gasteiger partial charge on any atom is 0.344 e. The van der Waals surface area contributed by atoms with Gasteiger partial charge in [-0.1, -0.05) is 55.2 Å². The molecule has 3 heterocycles. The molecule has 5 nitrogen and oxygen atoms in total. The zero-order valence-electron chi connectivity index (χ0n) is 16.2. The molecule has 1 aromatic heterocycles. The lowest BCUT2D eigenvalue weighted by atomic mass is 9.88. The zero-order chi connectivity index (χ0) is 20.1.